The van der Waals surface area contributed by atoms with Gasteiger partial charge in [-0.15, -0.1) is 0 Å². The number of carbonyl (C=O) groups excluding carboxylic acids is 1. The van der Waals surface area contributed by atoms with E-state index in [9.17, 15) is 4.79 Å². The van der Waals surface area contributed by atoms with Gasteiger partial charge in [-0.25, -0.2) is 9.97 Å². The van der Waals surface area contributed by atoms with Crippen molar-refractivity contribution < 1.29 is 9.53 Å². The van der Waals surface area contributed by atoms with E-state index in [4.69, 9.17) is 4.74 Å². The Kier molecular flexibility index (Phi) is 5.76. The minimum Gasteiger partial charge on any atom is -0.379 e. The molecule has 0 spiro atoms. The molecule has 1 aliphatic heterocycles. The third-order valence-corrected chi connectivity index (χ3v) is 6.88. The normalized spacial score (nSPS) is 16.9. The van der Waals surface area contributed by atoms with E-state index in [1.807, 2.05) is 10.6 Å². The molecular formula is C26H30N6O2. The maximum atomic E-state index is 13.4. The third-order valence-electron chi connectivity index (χ3n) is 6.88. The van der Waals surface area contributed by atoms with Crippen LogP contribution in [-0.2, 0) is 11.3 Å². The Morgan fingerprint density at radius 1 is 1.06 bits per heavy atom. The maximum absolute atomic E-state index is 13.4. The Morgan fingerprint density at radius 3 is 2.65 bits per heavy atom. The molecule has 1 saturated heterocycles. The number of fused-ring (bicyclic) bond motifs is 3. The second-order valence-corrected chi connectivity index (χ2v) is 9.28. The second-order valence-electron chi connectivity index (χ2n) is 9.28. The van der Waals surface area contributed by atoms with Crippen LogP contribution in [0.2, 0.25) is 0 Å². The minimum absolute atomic E-state index is 0.0901. The number of para-hydroxylation sites is 1. The van der Waals surface area contributed by atoms with E-state index < -0.39 is 0 Å². The van der Waals surface area contributed by atoms with E-state index in [1.54, 1.807) is 18.5 Å². The molecule has 1 N–H and O–H groups in total. The molecule has 2 fully saturated rings. The quantitative estimate of drug-likeness (QED) is 0.410. The van der Waals surface area contributed by atoms with Crippen molar-refractivity contribution in [3.05, 3.63) is 54.5 Å². The predicted molar refractivity (Wildman–Crippen MR) is 131 cm³/mol. The van der Waals surface area contributed by atoms with Gasteiger partial charge in [-0.2, -0.15) is 0 Å². The number of benzene rings is 1. The molecule has 6 rings (SSSR count). The van der Waals surface area contributed by atoms with Gasteiger partial charge in [0.15, 0.2) is 0 Å². The Morgan fingerprint density at radius 2 is 1.85 bits per heavy atom. The molecule has 4 aromatic rings. The van der Waals surface area contributed by atoms with Crippen LogP contribution in [0.3, 0.4) is 0 Å². The summed E-state index contributed by atoms with van der Waals surface area (Å²) in [6.07, 6.45) is 6.90. The van der Waals surface area contributed by atoms with Gasteiger partial charge in [0.2, 0.25) is 5.95 Å². The summed E-state index contributed by atoms with van der Waals surface area (Å²) < 4.78 is 9.72. The van der Waals surface area contributed by atoms with E-state index >= 15 is 0 Å². The Bertz CT molecular complexity index is 1300. The molecule has 1 saturated carbocycles. The van der Waals surface area contributed by atoms with Crippen molar-refractivity contribution in [1.29, 1.82) is 0 Å². The van der Waals surface area contributed by atoms with Gasteiger partial charge in [-0.05, 0) is 49.9 Å². The monoisotopic (exact) mass is 458 g/mol. The van der Waals surface area contributed by atoms with E-state index in [1.165, 1.54) is 18.4 Å². The smallest absolute Gasteiger partial charge is 0.268 e. The summed E-state index contributed by atoms with van der Waals surface area (Å²) in [5.74, 6) is 1.14. The predicted octanol–water partition coefficient (Wildman–Crippen LogP) is 3.24. The maximum Gasteiger partial charge on any atom is 0.268 e. The number of morpholine rings is 1. The topological polar surface area (TPSA) is 77.2 Å². The summed E-state index contributed by atoms with van der Waals surface area (Å²) in [4.78, 5) is 24.8. The van der Waals surface area contributed by atoms with Gasteiger partial charge in [-0.1, -0.05) is 18.2 Å². The lowest BCUT2D eigenvalue weighted by Crippen LogP contribution is -2.38. The average molecular weight is 459 g/mol. The molecular weight excluding hydrogens is 428 g/mol. The first kappa shape index (κ1) is 21.3. The highest BCUT2D eigenvalue weighted by Crippen LogP contribution is 2.37. The number of nitrogens with zero attached hydrogens (tertiary/aromatic N) is 5. The second kappa shape index (κ2) is 9.19. The molecule has 8 heteroatoms. The SMILES string of the molecule is O=C(NCCCN1CCOCC1)c1cc2c(c3ccccc3n2CC2CC2)n1-c1ncccn1. The molecule has 0 unspecified atom stereocenters. The number of ether oxygens (including phenoxy) is 1. The fraction of sp³-hybridized carbons (Fsp3) is 0.423. The molecule has 8 nitrogen and oxygen atoms in total. The van der Waals surface area contributed by atoms with Crippen LogP contribution in [0.15, 0.2) is 48.8 Å². The van der Waals surface area contributed by atoms with Gasteiger partial charge in [0.1, 0.15) is 5.69 Å². The van der Waals surface area contributed by atoms with Gasteiger partial charge in [0.25, 0.3) is 5.91 Å². The highest BCUT2D eigenvalue weighted by molar-refractivity contribution is 6.10. The first-order valence-corrected chi connectivity index (χ1v) is 12.3. The molecule has 1 aliphatic carbocycles. The molecule has 0 atom stereocenters. The summed E-state index contributed by atoms with van der Waals surface area (Å²) in [7, 11) is 0. The Labute approximate surface area is 198 Å². The van der Waals surface area contributed by atoms with E-state index in [2.05, 4.69) is 49.0 Å². The van der Waals surface area contributed by atoms with Crippen LogP contribution >= 0.6 is 0 Å². The molecule has 1 aromatic carbocycles. The van der Waals surface area contributed by atoms with Crippen LogP contribution in [0.1, 0.15) is 29.8 Å². The lowest BCUT2D eigenvalue weighted by Gasteiger charge is -2.26. The fourth-order valence-electron chi connectivity index (χ4n) is 4.96. The highest BCUT2D eigenvalue weighted by Gasteiger charge is 2.27. The van der Waals surface area contributed by atoms with Gasteiger partial charge in [-0.3, -0.25) is 14.3 Å². The lowest BCUT2D eigenvalue weighted by atomic mass is 10.2. The molecule has 0 bridgehead atoms. The van der Waals surface area contributed by atoms with E-state index in [0.717, 1.165) is 62.2 Å². The number of nitrogens with one attached hydrogen (secondary N) is 1. The standard InChI is InChI=1S/C26H30N6O2/c33-25(27-11-4-12-30-13-15-34-16-14-30)23-17-22-24(32(23)26-28-9-3-10-29-26)20-5-1-2-6-21(20)31(22)18-19-7-8-19/h1-3,5-6,9-10,17,19H,4,7-8,11-16,18H2,(H,27,33). The zero-order valence-corrected chi connectivity index (χ0v) is 19.3. The van der Waals surface area contributed by atoms with Crippen LogP contribution in [0.25, 0.3) is 27.9 Å². The summed E-state index contributed by atoms with van der Waals surface area (Å²) in [6, 6.07) is 12.2. The number of hydrogen-bond donors (Lipinski definition) is 1. The average Bonchev–Trinajstić information content (AvgIpc) is 3.55. The summed E-state index contributed by atoms with van der Waals surface area (Å²) in [5, 5.41) is 4.26. The number of amides is 1. The summed E-state index contributed by atoms with van der Waals surface area (Å²) in [6.45, 7) is 6.08. The van der Waals surface area contributed by atoms with Crippen LogP contribution < -0.4 is 5.32 Å². The third kappa shape index (κ3) is 4.08. The molecule has 3 aromatic heterocycles. The molecule has 34 heavy (non-hydrogen) atoms. The molecule has 1 amide bonds. The van der Waals surface area contributed by atoms with Gasteiger partial charge < -0.3 is 14.6 Å². The van der Waals surface area contributed by atoms with Crippen LogP contribution in [-0.4, -0.2) is 69.3 Å². The Balaban J connectivity index is 1.34. The largest absolute Gasteiger partial charge is 0.379 e. The van der Waals surface area contributed by atoms with Crippen molar-refractivity contribution in [1.82, 2.24) is 29.3 Å². The van der Waals surface area contributed by atoms with Crippen LogP contribution in [0, 0.1) is 5.92 Å². The minimum atomic E-state index is -0.0901. The summed E-state index contributed by atoms with van der Waals surface area (Å²) in [5.41, 5.74) is 3.85. The van der Waals surface area contributed by atoms with Gasteiger partial charge in [0, 0.05) is 44.0 Å². The first-order chi connectivity index (χ1) is 16.8. The first-order valence-electron chi connectivity index (χ1n) is 12.3. The van der Waals surface area contributed by atoms with Gasteiger partial charge in [0.05, 0.1) is 29.8 Å². The van der Waals surface area contributed by atoms with Crippen molar-refractivity contribution in [2.75, 3.05) is 39.4 Å². The number of aromatic nitrogens is 4. The zero-order chi connectivity index (χ0) is 22.9. The Hall–Kier alpha value is -3.23. The van der Waals surface area contributed by atoms with E-state index in [-0.39, 0.29) is 5.91 Å². The van der Waals surface area contributed by atoms with E-state index in [0.29, 0.717) is 24.1 Å². The van der Waals surface area contributed by atoms with Crippen molar-refractivity contribution in [2.45, 2.75) is 25.8 Å². The van der Waals surface area contributed by atoms with Crippen molar-refractivity contribution in [3.8, 4) is 5.95 Å². The molecule has 176 valence electrons. The lowest BCUT2D eigenvalue weighted by molar-refractivity contribution is 0.0374. The number of carbonyl (C=O) groups is 1. The van der Waals surface area contributed by atoms with Crippen molar-refractivity contribution in [2.24, 2.45) is 5.92 Å². The van der Waals surface area contributed by atoms with Crippen LogP contribution in [0.4, 0.5) is 0 Å². The van der Waals surface area contributed by atoms with Crippen molar-refractivity contribution >= 4 is 27.8 Å². The fourth-order valence-corrected chi connectivity index (χ4v) is 4.96. The molecule has 2 aliphatic rings. The molecule has 4 heterocycles. The number of hydrogen-bond acceptors (Lipinski definition) is 5. The van der Waals surface area contributed by atoms with Gasteiger partial charge >= 0.3 is 0 Å². The zero-order valence-electron chi connectivity index (χ0n) is 19.3. The van der Waals surface area contributed by atoms with Crippen LogP contribution in [0.5, 0.6) is 0 Å². The number of rotatable bonds is 8. The summed E-state index contributed by atoms with van der Waals surface area (Å²) >= 11 is 0. The molecule has 0 radical (unpaired) electrons. The van der Waals surface area contributed by atoms with Crippen molar-refractivity contribution in [3.63, 3.8) is 0 Å². The highest BCUT2D eigenvalue weighted by atomic mass is 16.5.